The van der Waals surface area contributed by atoms with Gasteiger partial charge < -0.3 is 0 Å². The molecule has 0 heterocycles. The van der Waals surface area contributed by atoms with E-state index < -0.39 is 0 Å². The molecule has 0 spiro atoms. The van der Waals surface area contributed by atoms with Gasteiger partial charge in [-0.1, -0.05) is 18.5 Å². The lowest BCUT2D eigenvalue weighted by molar-refractivity contribution is -0.127. The fraction of sp³-hybridized carbons (Fsp3) is 0.429. The predicted molar refractivity (Wildman–Crippen MR) is 67.2 cm³/mol. The highest BCUT2D eigenvalue weighted by molar-refractivity contribution is 6.30. The molecule has 0 radical (unpaired) electrons. The largest absolute Gasteiger partial charge is 0.300 e. The van der Waals surface area contributed by atoms with Crippen molar-refractivity contribution < 1.29 is 9.59 Å². The van der Waals surface area contributed by atoms with Gasteiger partial charge in [0.1, 0.15) is 5.78 Å². The second-order valence-electron chi connectivity index (χ2n) is 4.83. The Morgan fingerprint density at radius 3 is 2.29 bits per heavy atom. The molecule has 0 bridgehead atoms. The smallest absolute Gasteiger partial charge is 0.166 e. The second-order valence-corrected chi connectivity index (χ2v) is 5.26. The van der Waals surface area contributed by atoms with Crippen molar-refractivity contribution in [2.45, 2.75) is 20.3 Å². The Bertz CT molecular complexity index is 450. The number of hydrogen-bond donors (Lipinski definition) is 0. The van der Waals surface area contributed by atoms with E-state index in [9.17, 15) is 9.59 Å². The lowest BCUT2D eigenvalue weighted by Crippen LogP contribution is -2.44. The Kier molecular flexibility index (Phi) is 3.34. The first-order valence-corrected chi connectivity index (χ1v) is 6.18. The van der Waals surface area contributed by atoms with Crippen molar-refractivity contribution in [3.05, 3.63) is 34.9 Å². The molecule has 1 saturated carbocycles. The normalized spacial score (nSPS) is 27.4. The van der Waals surface area contributed by atoms with Gasteiger partial charge in [0.05, 0.1) is 0 Å². The maximum absolute atomic E-state index is 12.3. The van der Waals surface area contributed by atoms with Crippen LogP contribution in [0.5, 0.6) is 0 Å². The van der Waals surface area contributed by atoms with Gasteiger partial charge in [0.2, 0.25) is 0 Å². The predicted octanol–water partition coefficient (Wildman–Crippen LogP) is 3.38. The molecular weight excluding hydrogens is 236 g/mol. The third-order valence-electron chi connectivity index (χ3n) is 3.63. The average Bonchev–Trinajstić information content (AvgIpc) is 2.26. The summed E-state index contributed by atoms with van der Waals surface area (Å²) >= 11 is 5.79. The van der Waals surface area contributed by atoms with E-state index in [2.05, 4.69) is 0 Å². The van der Waals surface area contributed by atoms with Crippen LogP contribution in [0.3, 0.4) is 0 Å². The summed E-state index contributed by atoms with van der Waals surface area (Å²) in [5.74, 6) is 0.255. The minimum Gasteiger partial charge on any atom is -0.300 e. The number of Topliss-reactive ketones (excluding diaryl/α,β-unsaturated/α-hetero) is 2. The zero-order valence-electron chi connectivity index (χ0n) is 9.94. The highest BCUT2D eigenvalue weighted by atomic mass is 35.5. The molecule has 1 aromatic rings. The van der Waals surface area contributed by atoms with Crippen molar-refractivity contribution in [2.24, 2.45) is 17.8 Å². The lowest BCUT2D eigenvalue weighted by atomic mass is 9.61. The Balaban J connectivity index is 2.19. The SMILES string of the molecule is CC(=O)[C@@H]1C[C@H](C)[C@H]1C(=O)c1ccc(Cl)cc1. The number of ketones is 2. The van der Waals surface area contributed by atoms with E-state index in [0.29, 0.717) is 16.5 Å². The minimum atomic E-state index is -0.145. The molecule has 2 nitrogen and oxygen atoms in total. The van der Waals surface area contributed by atoms with E-state index in [4.69, 9.17) is 11.6 Å². The van der Waals surface area contributed by atoms with Crippen LogP contribution in [0.1, 0.15) is 30.6 Å². The summed E-state index contributed by atoms with van der Waals surface area (Å²) < 4.78 is 0. The molecule has 0 N–H and O–H groups in total. The maximum atomic E-state index is 12.3. The van der Waals surface area contributed by atoms with Crippen LogP contribution in [0.2, 0.25) is 5.02 Å². The summed E-state index contributed by atoms with van der Waals surface area (Å²) in [4.78, 5) is 23.7. The van der Waals surface area contributed by atoms with Crippen LogP contribution in [0.15, 0.2) is 24.3 Å². The highest BCUT2D eigenvalue weighted by Crippen LogP contribution is 2.42. The van der Waals surface area contributed by atoms with Gasteiger partial charge in [-0.3, -0.25) is 9.59 Å². The standard InChI is InChI=1S/C14H15ClO2/c1-8-7-12(9(2)16)13(8)14(17)10-3-5-11(15)6-4-10/h3-6,8,12-13H,7H2,1-2H3/t8-,12-,13+/m0/s1. The number of rotatable bonds is 3. The van der Waals surface area contributed by atoms with Gasteiger partial charge in [-0.05, 0) is 43.5 Å². The monoisotopic (exact) mass is 250 g/mol. The van der Waals surface area contributed by atoms with Gasteiger partial charge in [-0.2, -0.15) is 0 Å². The second kappa shape index (κ2) is 4.61. The maximum Gasteiger partial charge on any atom is 0.166 e. The zero-order valence-corrected chi connectivity index (χ0v) is 10.7. The van der Waals surface area contributed by atoms with E-state index in [0.717, 1.165) is 6.42 Å². The van der Waals surface area contributed by atoms with Gasteiger partial charge in [0, 0.05) is 22.4 Å². The van der Waals surface area contributed by atoms with Crippen molar-refractivity contribution >= 4 is 23.2 Å². The first-order valence-electron chi connectivity index (χ1n) is 5.81. The number of halogens is 1. The van der Waals surface area contributed by atoms with Gasteiger partial charge in [0.25, 0.3) is 0 Å². The third-order valence-corrected chi connectivity index (χ3v) is 3.88. The van der Waals surface area contributed by atoms with Crippen LogP contribution in [0, 0.1) is 17.8 Å². The van der Waals surface area contributed by atoms with Gasteiger partial charge >= 0.3 is 0 Å². The quantitative estimate of drug-likeness (QED) is 0.771. The molecule has 2 rings (SSSR count). The zero-order chi connectivity index (χ0) is 12.6. The molecule has 1 aromatic carbocycles. The first-order chi connectivity index (χ1) is 8.00. The number of carbonyl (C=O) groups is 2. The molecule has 0 aromatic heterocycles. The molecule has 1 aliphatic rings. The molecular formula is C14H15ClO2. The fourth-order valence-electron chi connectivity index (χ4n) is 2.56. The van der Waals surface area contributed by atoms with Crippen LogP contribution in [0.25, 0.3) is 0 Å². The average molecular weight is 251 g/mol. The van der Waals surface area contributed by atoms with Crippen LogP contribution in [0.4, 0.5) is 0 Å². The van der Waals surface area contributed by atoms with Crippen molar-refractivity contribution in [1.82, 2.24) is 0 Å². The van der Waals surface area contributed by atoms with Crippen LogP contribution < -0.4 is 0 Å². The Labute approximate surface area is 106 Å². The third kappa shape index (κ3) is 2.27. The molecule has 17 heavy (non-hydrogen) atoms. The lowest BCUT2D eigenvalue weighted by Gasteiger charge is -2.40. The van der Waals surface area contributed by atoms with Crippen molar-refractivity contribution in [3.63, 3.8) is 0 Å². The number of carbonyl (C=O) groups excluding carboxylic acids is 2. The summed E-state index contributed by atoms with van der Waals surface area (Å²) in [6, 6.07) is 6.88. The number of benzene rings is 1. The molecule has 0 amide bonds. The van der Waals surface area contributed by atoms with Crippen LogP contribution in [-0.2, 0) is 4.79 Å². The van der Waals surface area contributed by atoms with E-state index in [-0.39, 0.29) is 23.4 Å². The molecule has 1 fully saturated rings. The molecule has 0 aliphatic heterocycles. The van der Waals surface area contributed by atoms with E-state index in [1.165, 1.54) is 0 Å². The topological polar surface area (TPSA) is 34.1 Å². The van der Waals surface area contributed by atoms with E-state index in [1.807, 2.05) is 6.92 Å². The van der Waals surface area contributed by atoms with Gasteiger partial charge in [0.15, 0.2) is 5.78 Å². The Hall–Kier alpha value is -1.15. The fourth-order valence-corrected chi connectivity index (χ4v) is 2.69. The summed E-state index contributed by atoms with van der Waals surface area (Å²) in [5, 5.41) is 0.617. The van der Waals surface area contributed by atoms with Gasteiger partial charge in [-0.15, -0.1) is 0 Å². The summed E-state index contributed by atoms with van der Waals surface area (Å²) in [7, 11) is 0. The van der Waals surface area contributed by atoms with Crippen molar-refractivity contribution in [3.8, 4) is 0 Å². The van der Waals surface area contributed by atoms with Gasteiger partial charge in [-0.25, -0.2) is 0 Å². The van der Waals surface area contributed by atoms with Crippen LogP contribution >= 0.6 is 11.6 Å². The van der Waals surface area contributed by atoms with Crippen molar-refractivity contribution in [1.29, 1.82) is 0 Å². The summed E-state index contributed by atoms with van der Waals surface area (Å²) in [5.41, 5.74) is 0.650. The summed E-state index contributed by atoms with van der Waals surface area (Å²) in [6.07, 6.45) is 0.833. The van der Waals surface area contributed by atoms with Crippen molar-refractivity contribution in [2.75, 3.05) is 0 Å². The van der Waals surface area contributed by atoms with E-state index in [1.54, 1.807) is 31.2 Å². The number of hydrogen-bond acceptors (Lipinski definition) is 2. The Morgan fingerprint density at radius 2 is 1.82 bits per heavy atom. The summed E-state index contributed by atoms with van der Waals surface area (Å²) in [6.45, 7) is 3.59. The van der Waals surface area contributed by atoms with E-state index >= 15 is 0 Å². The molecule has 90 valence electrons. The minimum absolute atomic E-state index is 0.0700. The molecule has 3 atom stereocenters. The Morgan fingerprint density at radius 1 is 1.24 bits per heavy atom. The molecule has 0 saturated heterocycles. The van der Waals surface area contributed by atoms with Crippen LogP contribution in [-0.4, -0.2) is 11.6 Å². The molecule has 0 unspecified atom stereocenters. The first kappa shape index (κ1) is 12.3. The molecule has 1 aliphatic carbocycles. The highest BCUT2D eigenvalue weighted by Gasteiger charge is 2.45. The molecule has 3 heteroatoms.